The Morgan fingerprint density at radius 2 is 2.23 bits per heavy atom. The molecule has 0 bridgehead atoms. The lowest BCUT2D eigenvalue weighted by atomic mass is 9.91. The van der Waals surface area contributed by atoms with Gasteiger partial charge in [-0.2, -0.15) is 0 Å². The smallest absolute Gasteiger partial charge is 0.237 e. The molecule has 1 aromatic carbocycles. The summed E-state index contributed by atoms with van der Waals surface area (Å²) in [5.74, 6) is -0.232. The first kappa shape index (κ1) is 16.6. The van der Waals surface area contributed by atoms with E-state index in [9.17, 15) is 9.59 Å². The molecule has 6 heteroatoms. The van der Waals surface area contributed by atoms with Crippen LogP contribution in [0.4, 0.5) is 0 Å². The van der Waals surface area contributed by atoms with Crippen LogP contribution in [0.3, 0.4) is 0 Å². The fraction of sp³-hybridized carbons (Fsp3) is 0.500. The van der Waals surface area contributed by atoms with Gasteiger partial charge >= 0.3 is 0 Å². The van der Waals surface area contributed by atoms with E-state index < -0.39 is 5.91 Å². The van der Waals surface area contributed by atoms with E-state index >= 15 is 0 Å². The molecule has 0 saturated carbocycles. The van der Waals surface area contributed by atoms with Gasteiger partial charge in [0.2, 0.25) is 11.8 Å². The number of carbonyl (C=O) groups is 2. The molecule has 22 heavy (non-hydrogen) atoms. The van der Waals surface area contributed by atoms with Gasteiger partial charge in [-0.25, -0.2) is 0 Å². The molecule has 2 amide bonds. The van der Waals surface area contributed by atoms with Crippen molar-refractivity contribution in [1.82, 2.24) is 4.90 Å². The molecule has 0 saturated heterocycles. The number of amides is 2. The van der Waals surface area contributed by atoms with Crippen LogP contribution in [0.25, 0.3) is 0 Å². The summed E-state index contributed by atoms with van der Waals surface area (Å²) in [5.41, 5.74) is 6.06. The van der Waals surface area contributed by atoms with Crippen LogP contribution in [-0.2, 0) is 9.59 Å². The number of unbranched alkanes of at least 4 members (excludes halogenated alkanes) is 1. The lowest BCUT2D eigenvalue weighted by Gasteiger charge is -2.30. The monoisotopic (exact) mass is 324 g/mol. The Kier molecular flexibility index (Phi) is 5.66. The second kappa shape index (κ2) is 7.49. The fourth-order valence-corrected chi connectivity index (χ4v) is 2.83. The molecule has 2 N–H and O–H groups in total. The van der Waals surface area contributed by atoms with E-state index in [0.717, 1.165) is 18.4 Å². The Hall–Kier alpha value is -1.75. The Balaban J connectivity index is 2.23. The molecule has 5 nitrogen and oxygen atoms in total. The second-order valence-corrected chi connectivity index (χ2v) is 5.89. The minimum atomic E-state index is -0.497. The average Bonchev–Trinajstić information content (AvgIpc) is 2.49. The van der Waals surface area contributed by atoms with E-state index in [-0.39, 0.29) is 18.4 Å². The summed E-state index contributed by atoms with van der Waals surface area (Å²) < 4.78 is 5.58. The number of hydrogen-bond acceptors (Lipinski definition) is 3. The van der Waals surface area contributed by atoms with Gasteiger partial charge in [0.05, 0.1) is 19.1 Å². The van der Waals surface area contributed by atoms with Gasteiger partial charge in [0.15, 0.2) is 0 Å². The first-order chi connectivity index (χ1) is 10.5. The predicted molar refractivity (Wildman–Crippen MR) is 85.0 cm³/mol. The maximum atomic E-state index is 12.8. The van der Waals surface area contributed by atoms with Crippen molar-refractivity contribution >= 4 is 23.4 Å². The van der Waals surface area contributed by atoms with E-state index in [4.69, 9.17) is 22.1 Å². The van der Waals surface area contributed by atoms with E-state index in [2.05, 4.69) is 0 Å². The zero-order chi connectivity index (χ0) is 16.1. The SMILES string of the molecule is CCCCN(CC(N)=O)C(=O)C1CCOc2ccc(Cl)cc21. The molecular formula is C16H21ClN2O3. The Morgan fingerprint density at radius 3 is 2.91 bits per heavy atom. The van der Waals surface area contributed by atoms with Crippen LogP contribution in [0.5, 0.6) is 5.75 Å². The lowest BCUT2D eigenvalue weighted by Crippen LogP contribution is -2.42. The van der Waals surface area contributed by atoms with Crippen molar-refractivity contribution < 1.29 is 14.3 Å². The summed E-state index contributed by atoms with van der Waals surface area (Å²) in [6.07, 6.45) is 2.36. The van der Waals surface area contributed by atoms with Crippen LogP contribution in [-0.4, -0.2) is 36.4 Å². The quantitative estimate of drug-likeness (QED) is 0.872. The highest BCUT2D eigenvalue weighted by Crippen LogP contribution is 2.36. The highest BCUT2D eigenvalue weighted by atomic mass is 35.5. The van der Waals surface area contributed by atoms with Crippen molar-refractivity contribution in [3.8, 4) is 5.75 Å². The predicted octanol–water partition coefficient (Wildman–Crippen LogP) is 2.32. The summed E-state index contributed by atoms with van der Waals surface area (Å²) in [7, 11) is 0. The largest absolute Gasteiger partial charge is 0.493 e. The molecule has 1 aromatic rings. The number of rotatable bonds is 6. The summed E-state index contributed by atoms with van der Waals surface area (Å²) >= 11 is 6.04. The van der Waals surface area contributed by atoms with Crippen LogP contribution in [0.1, 0.15) is 37.7 Å². The van der Waals surface area contributed by atoms with E-state index in [0.29, 0.717) is 30.3 Å². The zero-order valence-electron chi connectivity index (χ0n) is 12.7. The minimum absolute atomic E-state index is 0.0495. The highest BCUT2D eigenvalue weighted by Gasteiger charge is 2.31. The molecule has 0 aromatic heterocycles. The number of hydrogen-bond donors (Lipinski definition) is 1. The maximum Gasteiger partial charge on any atom is 0.237 e. The van der Waals surface area contributed by atoms with Crippen molar-refractivity contribution in [2.24, 2.45) is 5.73 Å². The number of nitrogens with zero attached hydrogens (tertiary/aromatic N) is 1. The molecule has 1 aliphatic heterocycles. The molecule has 1 aliphatic rings. The van der Waals surface area contributed by atoms with Gasteiger partial charge in [0, 0.05) is 17.1 Å². The molecule has 1 unspecified atom stereocenters. The zero-order valence-corrected chi connectivity index (χ0v) is 13.4. The third-order valence-electron chi connectivity index (χ3n) is 3.75. The van der Waals surface area contributed by atoms with Gasteiger partial charge in [0.25, 0.3) is 0 Å². The van der Waals surface area contributed by atoms with Crippen LogP contribution >= 0.6 is 11.6 Å². The van der Waals surface area contributed by atoms with Crippen LogP contribution in [0, 0.1) is 0 Å². The number of carbonyl (C=O) groups excluding carboxylic acids is 2. The topological polar surface area (TPSA) is 72.6 Å². The van der Waals surface area contributed by atoms with E-state index in [1.165, 1.54) is 0 Å². The van der Waals surface area contributed by atoms with Crippen molar-refractivity contribution in [3.63, 3.8) is 0 Å². The molecule has 1 heterocycles. The summed E-state index contributed by atoms with van der Waals surface area (Å²) in [5, 5.41) is 0.567. The van der Waals surface area contributed by atoms with Crippen LogP contribution in [0.15, 0.2) is 18.2 Å². The number of fused-ring (bicyclic) bond motifs is 1. The van der Waals surface area contributed by atoms with Gasteiger partial charge in [-0.05, 0) is 31.0 Å². The van der Waals surface area contributed by atoms with Crippen molar-refractivity contribution in [2.45, 2.75) is 32.1 Å². The van der Waals surface area contributed by atoms with Gasteiger partial charge in [-0.15, -0.1) is 0 Å². The van der Waals surface area contributed by atoms with Crippen molar-refractivity contribution in [3.05, 3.63) is 28.8 Å². The number of primary amides is 1. The van der Waals surface area contributed by atoms with E-state index in [1.807, 2.05) is 6.92 Å². The summed E-state index contributed by atoms with van der Waals surface area (Å²) in [4.78, 5) is 25.6. The van der Waals surface area contributed by atoms with E-state index in [1.54, 1.807) is 23.1 Å². The van der Waals surface area contributed by atoms with Gasteiger partial charge in [-0.1, -0.05) is 24.9 Å². The fourth-order valence-electron chi connectivity index (χ4n) is 2.65. The van der Waals surface area contributed by atoms with Crippen molar-refractivity contribution in [2.75, 3.05) is 19.7 Å². The molecule has 0 spiro atoms. The lowest BCUT2D eigenvalue weighted by molar-refractivity contribution is -0.137. The summed E-state index contributed by atoms with van der Waals surface area (Å²) in [6.45, 7) is 3.00. The molecule has 1 atom stereocenters. The normalized spacial score (nSPS) is 16.5. The molecule has 0 fully saturated rings. The van der Waals surface area contributed by atoms with Crippen molar-refractivity contribution in [1.29, 1.82) is 0 Å². The molecule has 120 valence electrons. The molecule has 0 radical (unpaired) electrons. The summed E-state index contributed by atoms with van der Waals surface area (Å²) in [6, 6.07) is 5.29. The second-order valence-electron chi connectivity index (χ2n) is 5.45. The average molecular weight is 325 g/mol. The van der Waals surface area contributed by atoms with Crippen LogP contribution < -0.4 is 10.5 Å². The standard InChI is InChI=1S/C16H21ClN2O3/c1-2-3-7-19(10-15(18)20)16(21)12-6-8-22-14-5-4-11(17)9-13(12)14/h4-5,9,12H,2-3,6-8,10H2,1H3,(H2,18,20). The number of halogens is 1. The third-order valence-corrected chi connectivity index (χ3v) is 3.98. The van der Waals surface area contributed by atoms with Gasteiger partial charge in [0.1, 0.15) is 5.75 Å². The Labute approximate surface area is 135 Å². The first-order valence-electron chi connectivity index (χ1n) is 7.52. The Morgan fingerprint density at radius 1 is 1.45 bits per heavy atom. The Bertz CT molecular complexity index is 562. The molecule has 2 rings (SSSR count). The van der Waals surface area contributed by atoms with Gasteiger partial charge < -0.3 is 15.4 Å². The minimum Gasteiger partial charge on any atom is -0.493 e. The number of benzene rings is 1. The molecular weight excluding hydrogens is 304 g/mol. The first-order valence-corrected chi connectivity index (χ1v) is 7.90. The van der Waals surface area contributed by atoms with Gasteiger partial charge in [-0.3, -0.25) is 9.59 Å². The van der Waals surface area contributed by atoms with Crippen LogP contribution in [0.2, 0.25) is 5.02 Å². The third kappa shape index (κ3) is 3.91. The number of nitrogens with two attached hydrogens (primary N) is 1. The highest BCUT2D eigenvalue weighted by molar-refractivity contribution is 6.30. The maximum absolute atomic E-state index is 12.8. The number of ether oxygens (including phenoxy) is 1. The molecule has 0 aliphatic carbocycles.